The largest absolute Gasteiger partial charge is 0.322 e. The van der Waals surface area contributed by atoms with E-state index in [1.54, 1.807) is 5.32 Å². The summed E-state index contributed by atoms with van der Waals surface area (Å²) in [5, 5.41) is 1.64. The van der Waals surface area contributed by atoms with Crippen molar-refractivity contribution in [1.29, 1.82) is 0 Å². The maximum Gasteiger partial charge on any atom is 0.255 e. The molecule has 0 spiro atoms. The lowest BCUT2D eigenvalue weighted by Gasteiger charge is -2.29. The van der Waals surface area contributed by atoms with Crippen LogP contribution in [0.25, 0.3) is 4.85 Å². The number of fused-ring (bicyclic) bond motifs is 1. The second kappa shape index (κ2) is 4.46. The Labute approximate surface area is 122 Å². The first-order valence-corrected chi connectivity index (χ1v) is 5.66. The fraction of sp³-hybridized carbons (Fsp3) is 0.286. The Morgan fingerprint density at radius 2 is 2.25 bits per heavy atom. The zero-order valence-electron chi connectivity index (χ0n) is 15.1. The van der Waals surface area contributed by atoms with Gasteiger partial charge < -0.3 is 4.90 Å². The van der Waals surface area contributed by atoms with Crippen LogP contribution in [-0.2, 0) is 16.1 Å². The van der Waals surface area contributed by atoms with Gasteiger partial charge in [0, 0.05) is 24.0 Å². The number of carbonyl (C=O) groups excluding carboxylic acids is 3. The van der Waals surface area contributed by atoms with Crippen molar-refractivity contribution in [2.75, 3.05) is 0 Å². The van der Waals surface area contributed by atoms with Crippen molar-refractivity contribution in [3.05, 3.63) is 40.7 Å². The molecule has 1 N–H and O–H groups in total. The van der Waals surface area contributed by atoms with E-state index in [1.807, 2.05) is 0 Å². The van der Waals surface area contributed by atoms with Gasteiger partial charge in [-0.2, -0.15) is 0 Å². The molecular weight excluding hydrogens is 258 g/mol. The van der Waals surface area contributed by atoms with Gasteiger partial charge in [-0.3, -0.25) is 19.7 Å². The molecule has 0 saturated carbocycles. The lowest BCUT2D eigenvalue weighted by molar-refractivity contribution is -0.136. The van der Waals surface area contributed by atoms with Gasteiger partial charge in [-0.1, -0.05) is 18.2 Å². The topological polar surface area (TPSA) is 70.8 Å². The van der Waals surface area contributed by atoms with Crippen molar-refractivity contribution in [1.82, 2.24) is 10.2 Å². The van der Waals surface area contributed by atoms with Crippen LogP contribution >= 0.6 is 0 Å². The molecule has 1 saturated heterocycles. The second-order valence-electron chi connectivity index (χ2n) is 4.23. The lowest BCUT2D eigenvalue weighted by Crippen LogP contribution is -2.52. The highest BCUT2D eigenvalue weighted by Crippen LogP contribution is 2.30. The highest BCUT2D eigenvalue weighted by atomic mass is 16.2. The number of nitrogens with one attached hydrogen (secondary N) is 1. The van der Waals surface area contributed by atoms with Crippen LogP contribution in [0.5, 0.6) is 0 Å². The van der Waals surface area contributed by atoms with Crippen molar-refractivity contribution in [2.24, 2.45) is 0 Å². The third kappa shape index (κ3) is 1.84. The van der Waals surface area contributed by atoms with E-state index in [-0.39, 0.29) is 17.8 Å². The van der Waals surface area contributed by atoms with Gasteiger partial charge in [0.15, 0.2) is 5.69 Å². The molecule has 3 amide bonds. The minimum absolute atomic E-state index is 0.0973. The van der Waals surface area contributed by atoms with E-state index < -0.39 is 36.5 Å². The molecular formula is C14H11N3O3. The molecule has 2 aliphatic heterocycles. The zero-order valence-corrected chi connectivity index (χ0v) is 10.1. The van der Waals surface area contributed by atoms with E-state index >= 15 is 0 Å². The van der Waals surface area contributed by atoms with E-state index in [0.29, 0.717) is 10.5 Å². The fourth-order valence-corrected chi connectivity index (χ4v) is 2.11. The molecule has 0 aromatic heterocycles. The second-order valence-corrected chi connectivity index (χ2v) is 4.23. The van der Waals surface area contributed by atoms with E-state index in [2.05, 4.69) is 4.85 Å². The molecule has 2 aliphatic rings. The normalized spacial score (nSPS) is 33.9. The summed E-state index contributed by atoms with van der Waals surface area (Å²) in [6.07, 6.45) is -6.49. The molecule has 6 heteroatoms. The van der Waals surface area contributed by atoms with Gasteiger partial charge in [0.1, 0.15) is 6.02 Å². The van der Waals surface area contributed by atoms with Crippen LogP contribution in [0.4, 0.5) is 5.69 Å². The van der Waals surface area contributed by atoms with Crippen LogP contribution in [0.15, 0.2) is 18.2 Å². The van der Waals surface area contributed by atoms with Crippen LogP contribution in [0.1, 0.15) is 35.5 Å². The molecule has 2 heterocycles. The third-order valence-corrected chi connectivity index (χ3v) is 3.03. The maximum absolute atomic E-state index is 12.6. The number of nitrogens with zero attached hydrogens (tertiary/aromatic N) is 2. The highest BCUT2D eigenvalue weighted by Gasteiger charge is 2.38. The van der Waals surface area contributed by atoms with E-state index in [1.165, 1.54) is 18.2 Å². The fourth-order valence-electron chi connectivity index (χ4n) is 2.11. The first-order chi connectivity index (χ1) is 11.5. The summed E-state index contributed by atoms with van der Waals surface area (Å²) in [4.78, 5) is 40.3. The lowest BCUT2D eigenvalue weighted by atomic mass is 10.0. The average Bonchev–Trinajstić information content (AvgIpc) is 2.88. The van der Waals surface area contributed by atoms with Gasteiger partial charge in [0.25, 0.3) is 5.91 Å². The predicted octanol–water partition coefficient (Wildman–Crippen LogP) is 0.998. The molecule has 0 aliphatic carbocycles. The van der Waals surface area contributed by atoms with Crippen LogP contribution in [0.2, 0.25) is 0 Å². The standard InChI is InChI=1S/C14H11N3O3/c1-15-9-2-3-10-8(6-9)7-17(14(10)20)11-4-5-12(18)16-13(11)19/h2-3,6,11H,4-5,7H2,(H,16,18,19)/i4D2,5D2,11D. The van der Waals surface area contributed by atoms with Crippen LogP contribution in [0, 0.1) is 6.57 Å². The number of piperidine rings is 1. The predicted molar refractivity (Wildman–Crippen MR) is 68.7 cm³/mol. The van der Waals surface area contributed by atoms with E-state index in [9.17, 15) is 14.4 Å². The average molecular weight is 274 g/mol. The molecule has 1 atom stereocenters. The highest BCUT2D eigenvalue weighted by molar-refractivity contribution is 6.05. The van der Waals surface area contributed by atoms with Crippen molar-refractivity contribution in [2.45, 2.75) is 25.3 Å². The van der Waals surface area contributed by atoms with Gasteiger partial charge in [-0.15, -0.1) is 0 Å². The number of amides is 3. The Morgan fingerprint density at radius 1 is 1.45 bits per heavy atom. The Morgan fingerprint density at radius 3 is 3.00 bits per heavy atom. The van der Waals surface area contributed by atoms with Crippen LogP contribution < -0.4 is 5.32 Å². The molecule has 1 aromatic carbocycles. The number of hydrogen-bond donors (Lipinski definition) is 1. The van der Waals surface area contributed by atoms with Gasteiger partial charge in [-0.25, -0.2) is 4.85 Å². The van der Waals surface area contributed by atoms with E-state index in [4.69, 9.17) is 13.4 Å². The Kier molecular flexibility index (Phi) is 1.74. The molecule has 0 radical (unpaired) electrons. The summed E-state index contributed by atoms with van der Waals surface area (Å²) in [7, 11) is 0. The minimum Gasteiger partial charge on any atom is -0.322 e. The number of imide groups is 1. The summed E-state index contributed by atoms with van der Waals surface area (Å²) in [5.74, 6) is -3.75. The Hall–Kier alpha value is -2.68. The number of rotatable bonds is 1. The van der Waals surface area contributed by atoms with Crippen molar-refractivity contribution in [3.63, 3.8) is 0 Å². The first kappa shape index (κ1) is 7.80. The molecule has 3 rings (SSSR count). The smallest absolute Gasteiger partial charge is 0.255 e. The van der Waals surface area contributed by atoms with Gasteiger partial charge in [-0.05, 0) is 11.9 Å². The molecule has 20 heavy (non-hydrogen) atoms. The van der Waals surface area contributed by atoms with Crippen molar-refractivity contribution < 1.29 is 21.2 Å². The summed E-state index contributed by atoms with van der Waals surface area (Å²) in [6, 6.07) is 1.12. The summed E-state index contributed by atoms with van der Waals surface area (Å²) in [6.45, 7) is 6.64. The quantitative estimate of drug-likeness (QED) is 0.613. The zero-order chi connectivity index (χ0) is 18.8. The third-order valence-electron chi connectivity index (χ3n) is 3.03. The maximum atomic E-state index is 12.6. The summed E-state index contributed by atoms with van der Waals surface area (Å²) < 4.78 is 39.6. The SMILES string of the molecule is [2H]C1([2H])C(=O)NC(=O)C([2H])(N2Cc3cc([N+]#[C-])ccc3C2=O)C1([2H])[2H]. The van der Waals surface area contributed by atoms with Crippen molar-refractivity contribution in [3.8, 4) is 0 Å². The molecule has 6 nitrogen and oxygen atoms in total. The van der Waals surface area contributed by atoms with Gasteiger partial charge in [0.2, 0.25) is 11.8 Å². The number of hydrogen-bond acceptors (Lipinski definition) is 3. The Balaban J connectivity index is 2.12. The molecule has 0 bridgehead atoms. The summed E-state index contributed by atoms with van der Waals surface area (Å²) in [5.41, 5.74) is 0.653. The summed E-state index contributed by atoms with van der Waals surface area (Å²) >= 11 is 0. The van der Waals surface area contributed by atoms with Crippen LogP contribution in [-0.4, -0.2) is 28.6 Å². The van der Waals surface area contributed by atoms with Gasteiger partial charge in [0.05, 0.1) is 7.94 Å². The molecule has 1 aromatic rings. The molecule has 100 valence electrons. The number of benzene rings is 1. The van der Waals surface area contributed by atoms with Gasteiger partial charge >= 0.3 is 0 Å². The minimum atomic E-state index is -3.29. The molecule has 1 unspecified atom stereocenters. The monoisotopic (exact) mass is 274 g/mol. The van der Waals surface area contributed by atoms with E-state index in [0.717, 1.165) is 0 Å². The number of carbonyl (C=O) groups is 3. The Bertz CT molecular complexity index is 879. The van der Waals surface area contributed by atoms with Crippen LogP contribution in [0.3, 0.4) is 0 Å². The first-order valence-electron chi connectivity index (χ1n) is 8.16. The van der Waals surface area contributed by atoms with Crippen molar-refractivity contribution >= 4 is 23.4 Å². The molecule has 1 fully saturated rings.